The maximum atomic E-state index is 14.0. The molecule has 0 aliphatic heterocycles. The van der Waals surface area contributed by atoms with E-state index in [2.05, 4.69) is 15.0 Å². The summed E-state index contributed by atoms with van der Waals surface area (Å²) in [5, 5.41) is 1.56. The highest BCUT2D eigenvalue weighted by atomic mass is 32.2. The predicted octanol–water partition coefficient (Wildman–Crippen LogP) is 5.37. The van der Waals surface area contributed by atoms with E-state index in [1.807, 2.05) is 0 Å². The van der Waals surface area contributed by atoms with Gasteiger partial charge in [-0.15, -0.1) is 0 Å². The Bertz CT molecular complexity index is 1610. The number of hydrogen-bond acceptors (Lipinski definition) is 6. The molecule has 3 aromatic carbocycles. The Morgan fingerprint density at radius 3 is 2.34 bits per heavy atom. The molecule has 0 radical (unpaired) electrons. The molecule has 2 aromatic heterocycles. The fourth-order valence-corrected chi connectivity index (χ4v) is 5.27. The van der Waals surface area contributed by atoms with Crippen LogP contribution < -0.4 is 9.04 Å². The molecule has 0 N–H and O–H groups in total. The summed E-state index contributed by atoms with van der Waals surface area (Å²) in [5.41, 5.74) is 1.77. The van der Waals surface area contributed by atoms with Crippen molar-refractivity contribution in [3.8, 4) is 16.9 Å². The quantitative estimate of drug-likeness (QED) is 0.321. The van der Waals surface area contributed by atoms with Gasteiger partial charge in [0.25, 0.3) is 10.0 Å². The van der Waals surface area contributed by atoms with Crippen LogP contribution in [0, 0.1) is 5.82 Å². The highest BCUT2D eigenvalue weighted by Crippen LogP contribution is 2.40. The van der Waals surface area contributed by atoms with Gasteiger partial charge < -0.3 is 4.74 Å². The molecule has 5 aromatic rings. The van der Waals surface area contributed by atoms with E-state index in [0.717, 1.165) is 26.2 Å². The zero-order valence-electron chi connectivity index (χ0n) is 18.5. The number of anilines is 2. The summed E-state index contributed by atoms with van der Waals surface area (Å²) in [6, 6.07) is 19.2. The lowest BCUT2D eigenvalue weighted by Crippen LogP contribution is -2.27. The number of rotatable bonds is 6. The SMILES string of the molecule is COc1cc(-c2ccc(F)cc2)ccc1N(c1ccncn1)S(=O)(=O)c1ccc2cnccc2c1. The second-order valence-electron chi connectivity index (χ2n) is 7.62. The Hall–Kier alpha value is -4.37. The molecule has 0 aliphatic rings. The van der Waals surface area contributed by atoms with Gasteiger partial charge in [-0.2, -0.15) is 0 Å². The summed E-state index contributed by atoms with van der Waals surface area (Å²) >= 11 is 0. The number of methoxy groups -OCH3 is 1. The molecule has 0 saturated heterocycles. The molecule has 0 bridgehead atoms. The smallest absolute Gasteiger partial charge is 0.270 e. The Morgan fingerprint density at radius 2 is 1.60 bits per heavy atom. The third kappa shape index (κ3) is 4.29. The molecular weight excluding hydrogens is 467 g/mol. The molecule has 0 fully saturated rings. The number of hydrogen-bond donors (Lipinski definition) is 0. The number of ether oxygens (including phenoxy) is 1. The van der Waals surface area contributed by atoms with E-state index in [0.29, 0.717) is 5.75 Å². The highest BCUT2D eigenvalue weighted by Gasteiger charge is 2.30. The van der Waals surface area contributed by atoms with E-state index in [9.17, 15) is 12.8 Å². The van der Waals surface area contributed by atoms with E-state index in [1.165, 1.54) is 43.9 Å². The number of fused-ring (bicyclic) bond motifs is 1. The van der Waals surface area contributed by atoms with Gasteiger partial charge in [0.05, 0.1) is 12.0 Å². The number of aromatic nitrogens is 3. The molecule has 2 heterocycles. The van der Waals surface area contributed by atoms with Crippen LogP contribution in [0.4, 0.5) is 15.9 Å². The van der Waals surface area contributed by atoms with Crippen molar-refractivity contribution in [1.29, 1.82) is 0 Å². The molecule has 0 amide bonds. The average Bonchev–Trinajstić information content (AvgIpc) is 2.89. The first kappa shape index (κ1) is 22.4. The molecule has 35 heavy (non-hydrogen) atoms. The van der Waals surface area contributed by atoms with Crippen molar-refractivity contribution < 1.29 is 17.5 Å². The number of pyridine rings is 1. The minimum Gasteiger partial charge on any atom is -0.495 e. The monoisotopic (exact) mass is 486 g/mol. The molecule has 0 unspecified atom stereocenters. The van der Waals surface area contributed by atoms with Crippen molar-refractivity contribution in [3.63, 3.8) is 0 Å². The van der Waals surface area contributed by atoms with Crippen LogP contribution in [0.3, 0.4) is 0 Å². The molecule has 9 heteroatoms. The Kier molecular flexibility index (Phi) is 5.84. The van der Waals surface area contributed by atoms with Gasteiger partial charge in [-0.25, -0.2) is 27.1 Å². The van der Waals surface area contributed by atoms with Gasteiger partial charge in [-0.3, -0.25) is 4.98 Å². The lowest BCUT2D eigenvalue weighted by molar-refractivity contribution is 0.416. The van der Waals surface area contributed by atoms with Crippen molar-refractivity contribution in [3.05, 3.63) is 104 Å². The zero-order valence-corrected chi connectivity index (χ0v) is 19.4. The van der Waals surface area contributed by atoms with Gasteiger partial charge >= 0.3 is 0 Å². The van der Waals surface area contributed by atoms with Gasteiger partial charge in [0, 0.05) is 30.0 Å². The lowest BCUT2D eigenvalue weighted by atomic mass is 10.0. The van der Waals surface area contributed by atoms with E-state index in [-0.39, 0.29) is 22.2 Å². The summed E-state index contributed by atoms with van der Waals surface area (Å²) in [5.74, 6) is 0.117. The first-order valence-electron chi connectivity index (χ1n) is 10.6. The van der Waals surface area contributed by atoms with Crippen LogP contribution in [-0.2, 0) is 10.0 Å². The first-order chi connectivity index (χ1) is 17.0. The van der Waals surface area contributed by atoms with Gasteiger partial charge in [0.1, 0.15) is 23.6 Å². The first-order valence-corrected chi connectivity index (χ1v) is 12.0. The van der Waals surface area contributed by atoms with Gasteiger partial charge in [-0.05, 0) is 59.0 Å². The lowest BCUT2D eigenvalue weighted by Gasteiger charge is -2.25. The van der Waals surface area contributed by atoms with Crippen LogP contribution >= 0.6 is 0 Å². The maximum absolute atomic E-state index is 14.0. The minimum atomic E-state index is -4.12. The van der Waals surface area contributed by atoms with Crippen LogP contribution in [0.25, 0.3) is 21.9 Å². The summed E-state index contributed by atoms with van der Waals surface area (Å²) in [7, 11) is -2.66. The van der Waals surface area contributed by atoms with Crippen LogP contribution in [-0.4, -0.2) is 30.5 Å². The molecule has 5 rings (SSSR count). The van der Waals surface area contributed by atoms with Crippen LogP contribution in [0.5, 0.6) is 5.75 Å². The summed E-state index contributed by atoms with van der Waals surface area (Å²) < 4.78 is 48.1. The van der Waals surface area contributed by atoms with Gasteiger partial charge in [0.15, 0.2) is 5.82 Å². The number of nitrogens with zero attached hydrogens (tertiary/aromatic N) is 4. The summed E-state index contributed by atoms with van der Waals surface area (Å²) in [4.78, 5) is 12.3. The maximum Gasteiger partial charge on any atom is 0.270 e. The fourth-order valence-electron chi connectivity index (χ4n) is 3.77. The van der Waals surface area contributed by atoms with E-state index in [1.54, 1.807) is 60.9 Å². The molecule has 0 aliphatic carbocycles. The summed E-state index contributed by atoms with van der Waals surface area (Å²) in [6.45, 7) is 0. The largest absolute Gasteiger partial charge is 0.495 e. The van der Waals surface area contributed by atoms with Crippen molar-refractivity contribution in [2.45, 2.75) is 4.90 Å². The molecule has 0 atom stereocenters. The zero-order chi connectivity index (χ0) is 24.4. The van der Waals surface area contributed by atoms with E-state index < -0.39 is 10.0 Å². The van der Waals surface area contributed by atoms with E-state index >= 15 is 0 Å². The topological polar surface area (TPSA) is 85.3 Å². The van der Waals surface area contributed by atoms with Crippen molar-refractivity contribution in [2.75, 3.05) is 11.4 Å². The van der Waals surface area contributed by atoms with Crippen molar-refractivity contribution >= 4 is 32.3 Å². The van der Waals surface area contributed by atoms with Crippen LogP contribution in [0.1, 0.15) is 0 Å². The molecule has 0 spiro atoms. The second-order valence-corrected chi connectivity index (χ2v) is 9.40. The number of halogens is 1. The Morgan fingerprint density at radius 1 is 0.829 bits per heavy atom. The third-order valence-corrected chi connectivity index (χ3v) is 7.21. The van der Waals surface area contributed by atoms with Crippen molar-refractivity contribution in [1.82, 2.24) is 15.0 Å². The Balaban J connectivity index is 1.68. The average molecular weight is 487 g/mol. The second kappa shape index (κ2) is 9.11. The highest BCUT2D eigenvalue weighted by molar-refractivity contribution is 7.93. The fraction of sp³-hybridized carbons (Fsp3) is 0.0385. The normalized spacial score (nSPS) is 11.4. The molecular formula is C26H19FN4O3S. The summed E-state index contributed by atoms with van der Waals surface area (Å²) in [6.07, 6.45) is 6.03. The molecule has 0 saturated carbocycles. The number of benzene rings is 3. The molecule has 174 valence electrons. The molecule has 7 nitrogen and oxygen atoms in total. The Labute approximate surface area is 201 Å². The minimum absolute atomic E-state index is 0.0828. The van der Waals surface area contributed by atoms with Gasteiger partial charge in [0.2, 0.25) is 0 Å². The predicted molar refractivity (Wildman–Crippen MR) is 131 cm³/mol. The van der Waals surface area contributed by atoms with E-state index in [4.69, 9.17) is 4.74 Å². The standard InChI is InChI=1S/C26H19FN4O3S/c1-34-25-15-19(18-2-6-22(27)7-3-18)5-9-24(25)31(26-11-13-29-17-30-26)35(32,33)23-8-4-21-16-28-12-10-20(21)14-23/h2-17H,1H3. The van der Waals surface area contributed by atoms with Crippen LogP contribution in [0.15, 0.2) is 103 Å². The number of sulfonamides is 1. The van der Waals surface area contributed by atoms with Crippen LogP contribution in [0.2, 0.25) is 0 Å². The van der Waals surface area contributed by atoms with Gasteiger partial charge in [-0.1, -0.05) is 24.3 Å². The van der Waals surface area contributed by atoms with Crippen molar-refractivity contribution in [2.24, 2.45) is 0 Å². The third-order valence-electron chi connectivity index (χ3n) is 5.50.